The van der Waals surface area contributed by atoms with E-state index in [0.717, 1.165) is 30.9 Å². The molecule has 1 amide bonds. The van der Waals surface area contributed by atoms with Crippen molar-refractivity contribution in [2.75, 3.05) is 43.5 Å². The molecule has 4 nitrogen and oxygen atoms in total. The number of fused-ring (bicyclic) bond motifs is 1. The van der Waals surface area contributed by atoms with Crippen LogP contribution in [0, 0.1) is 5.82 Å². The molecule has 0 unspecified atom stereocenters. The standard InChI is InChI=1S/C14H20FN3O/c1-16-7-3-4-14(19)18-9-8-17(2)13-10-11(15)5-6-12(13)18/h5-6,10,16H,3-4,7-9H2,1-2H3. The Labute approximate surface area is 113 Å². The van der Waals surface area contributed by atoms with Crippen molar-refractivity contribution in [3.63, 3.8) is 0 Å². The summed E-state index contributed by atoms with van der Waals surface area (Å²) in [4.78, 5) is 16.0. The number of nitrogens with zero attached hydrogens (tertiary/aromatic N) is 2. The predicted octanol–water partition coefficient (Wildman–Crippen LogP) is 1.61. The first-order chi connectivity index (χ1) is 9.13. The first kappa shape index (κ1) is 13.8. The summed E-state index contributed by atoms with van der Waals surface area (Å²) >= 11 is 0. The van der Waals surface area contributed by atoms with Gasteiger partial charge in [-0.3, -0.25) is 4.79 Å². The molecule has 0 fully saturated rings. The van der Waals surface area contributed by atoms with Gasteiger partial charge in [-0.25, -0.2) is 4.39 Å². The van der Waals surface area contributed by atoms with E-state index in [9.17, 15) is 9.18 Å². The Morgan fingerprint density at radius 2 is 2.16 bits per heavy atom. The Morgan fingerprint density at radius 1 is 1.37 bits per heavy atom. The van der Waals surface area contributed by atoms with Crippen molar-refractivity contribution in [1.82, 2.24) is 5.32 Å². The summed E-state index contributed by atoms with van der Waals surface area (Å²) in [7, 11) is 3.79. The Morgan fingerprint density at radius 3 is 2.89 bits per heavy atom. The summed E-state index contributed by atoms with van der Waals surface area (Å²) in [6.45, 7) is 2.22. The van der Waals surface area contributed by atoms with Crippen LogP contribution in [0.2, 0.25) is 0 Å². The smallest absolute Gasteiger partial charge is 0.227 e. The van der Waals surface area contributed by atoms with Gasteiger partial charge in [0, 0.05) is 26.6 Å². The van der Waals surface area contributed by atoms with Gasteiger partial charge in [-0.05, 0) is 38.2 Å². The maximum Gasteiger partial charge on any atom is 0.227 e. The van der Waals surface area contributed by atoms with Crippen LogP contribution in [0.1, 0.15) is 12.8 Å². The predicted molar refractivity (Wildman–Crippen MR) is 75.2 cm³/mol. The Bertz CT molecular complexity index is 464. The third-order valence-electron chi connectivity index (χ3n) is 3.42. The minimum Gasteiger partial charge on any atom is -0.371 e. The lowest BCUT2D eigenvalue weighted by atomic mass is 10.1. The largest absolute Gasteiger partial charge is 0.371 e. The fourth-order valence-corrected chi connectivity index (χ4v) is 2.33. The SMILES string of the molecule is CNCCCC(=O)N1CCN(C)c2cc(F)ccc21. The number of nitrogens with one attached hydrogen (secondary N) is 1. The van der Waals surface area contributed by atoms with Crippen LogP contribution in [0.15, 0.2) is 18.2 Å². The van der Waals surface area contributed by atoms with Crippen LogP contribution in [0.5, 0.6) is 0 Å². The zero-order valence-electron chi connectivity index (χ0n) is 11.4. The third-order valence-corrected chi connectivity index (χ3v) is 3.42. The van der Waals surface area contributed by atoms with Crippen LogP contribution in [-0.4, -0.2) is 39.6 Å². The third kappa shape index (κ3) is 3.04. The van der Waals surface area contributed by atoms with Crippen LogP contribution < -0.4 is 15.1 Å². The van der Waals surface area contributed by atoms with E-state index in [1.54, 1.807) is 11.0 Å². The van der Waals surface area contributed by atoms with Crippen molar-refractivity contribution in [1.29, 1.82) is 0 Å². The van der Waals surface area contributed by atoms with Crippen molar-refractivity contribution >= 4 is 17.3 Å². The molecule has 0 spiro atoms. The minimum absolute atomic E-state index is 0.108. The normalized spacial score (nSPS) is 14.5. The van der Waals surface area contributed by atoms with E-state index < -0.39 is 0 Å². The molecular formula is C14H20FN3O. The van der Waals surface area contributed by atoms with E-state index in [-0.39, 0.29) is 11.7 Å². The highest BCUT2D eigenvalue weighted by Crippen LogP contribution is 2.33. The molecule has 5 heteroatoms. The van der Waals surface area contributed by atoms with E-state index in [1.165, 1.54) is 12.1 Å². The molecule has 1 aliphatic rings. The average Bonchev–Trinajstić information content (AvgIpc) is 2.40. The lowest BCUT2D eigenvalue weighted by Gasteiger charge is -2.35. The molecule has 0 saturated carbocycles. The number of hydrogen-bond acceptors (Lipinski definition) is 3. The lowest BCUT2D eigenvalue weighted by Crippen LogP contribution is -2.42. The quantitative estimate of drug-likeness (QED) is 0.840. The lowest BCUT2D eigenvalue weighted by molar-refractivity contribution is -0.118. The second-order valence-electron chi connectivity index (χ2n) is 4.81. The van der Waals surface area contributed by atoms with Crippen LogP contribution >= 0.6 is 0 Å². The maximum absolute atomic E-state index is 13.3. The van der Waals surface area contributed by atoms with Gasteiger partial charge < -0.3 is 15.1 Å². The summed E-state index contributed by atoms with van der Waals surface area (Å²) in [5, 5.41) is 3.03. The van der Waals surface area contributed by atoms with Gasteiger partial charge in [-0.2, -0.15) is 0 Å². The van der Waals surface area contributed by atoms with Crippen molar-refractivity contribution in [2.24, 2.45) is 0 Å². The number of carbonyl (C=O) groups is 1. The first-order valence-corrected chi connectivity index (χ1v) is 6.59. The molecule has 1 aromatic rings. The minimum atomic E-state index is -0.268. The van der Waals surface area contributed by atoms with Crippen molar-refractivity contribution in [3.8, 4) is 0 Å². The van der Waals surface area contributed by atoms with Crippen LogP contribution in [0.4, 0.5) is 15.8 Å². The zero-order chi connectivity index (χ0) is 13.8. The topological polar surface area (TPSA) is 35.6 Å². The fraction of sp³-hybridized carbons (Fsp3) is 0.500. The molecular weight excluding hydrogens is 245 g/mol. The summed E-state index contributed by atoms with van der Waals surface area (Å²) in [6, 6.07) is 4.59. The summed E-state index contributed by atoms with van der Waals surface area (Å²) in [5.74, 6) is -0.161. The summed E-state index contributed by atoms with van der Waals surface area (Å²) < 4.78 is 13.3. The second kappa shape index (κ2) is 6.02. The molecule has 0 saturated heterocycles. The van der Waals surface area contributed by atoms with Gasteiger partial charge in [-0.15, -0.1) is 0 Å². The van der Waals surface area contributed by atoms with Gasteiger partial charge in [0.25, 0.3) is 0 Å². The highest BCUT2D eigenvalue weighted by atomic mass is 19.1. The van der Waals surface area contributed by atoms with Gasteiger partial charge in [0.1, 0.15) is 5.82 Å². The van der Waals surface area contributed by atoms with Gasteiger partial charge in [0.2, 0.25) is 5.91 Å². The van der Waals surface area contributed by atoms with Crippen molar-refractivity contribution in [2.45, 2.75) is 12.8 Å². The van der Waals surface area contributed by atoms with E-state index in [2.05, 4.69) is 5.32 Å². The van der Waals surface area contributed by atoms with Crippen LogP contribution in [0.3, 0.4) is 0 Å². The molecule has 1 aromatic carbocycles. The first-order valence-electron chi connectivity index (χ1n) is 6.59. The van der Waals surface area contributed by atoms with E-state index in [1.807, 2.05) is 19.0 Å². The summed E-state index contributed by atoms with van der Waals surface area (Å²) in [5.41, 5.74) is 1.60. The molecule has 0 bridgehead atoms. The highest BCUT2D eigenvalue weighted by molar-refractivity contribution is 5.97. The van der Waals surface area contributed by atoms with Gasteiger partial charge >= 0.3 is 0 Å². The van der Waals surface area contributed by atoms with Gasteiger partial charge in [0.05, 0.1) is 11.4 Å². The Hall–Kier alpha value is -1.62. The van der Waals surface area contributed by atoms with E-state index in [4.69, 9.17) is 0 Å². The highest BCUT2D eigenvalue weighted by Gasteiger charge is 2.24. The Balaban J connectivity index is 2.16. The number of halogens is 1. The Kier molecular flexibility index (Phi) is 4.37. The maximum atomic E-state index is 13.3. The van der Waals surface area contributed by atoms with E-state index >= 15 is 0 Å². The number of rotatable bonds is 4. The van der Waals surface area contributed by atoms with E-state index in [0.29, 0.717) is 13.0 Å². The average molecular weight is 265 g/mol. The molecule has 0 atom stereocenters. The monoisotopic (exact) mass is 265 g/mol. The van der Waals surface area contributed by atoms with Crippen LogP contribution in [-0.2, 0) is 4.79 Å². The molecule has 104 valence electrons. The molecule has 19 heavy (non-hydrogen) atoms. The zero-order valence-corrected chi connectivity index (χ0v) is 11.4. The number of hydrogen-bond donors (Lipinski definition) is 1. The number of amides is 1. The number of anilines is 2. The number of likely N-dealkylation sites (N-methyl/N-ethyl adjacent to an activating group) is 1. The molecule has 1 heterocycles. The van der Waals surface area contributed by atoms with Gasteiger partial charge in [-0.1, -0.05) is 0 Å². The van der Waals surface area contributed by atoms with Gasteiger partial charge in [0.15, 0.2) is 0 Å². The second-order valence-corrected chi connectivity index (χ2v) is 4.81. The van der Waals surface area contributed by atoms with Crippen LogP contribution in [0.25, 0.3) is 0 Å². The van der Waals surface area contributed by atoms with Crippen molar-refractivity contribution in [3.05, 3.63) is 24.0 Å². The fourth-order valence-electron chi connectivity index (χ4n) is 2.33. The molecule has 0 aromatic heterocycles. The number of carbonyl (C=O) groups excluding carboxylic acids is 1. The van der Waals surface area contributed by atoms with Crippen molar-refractivity contribution < 1.29 is 9.18 Å². The molecule has 1 N–H and O–H groups in total. The summed E-state index contributed by atoms with van der Waals surface area (Å²) in [6.07, 6.45) is 1.33. The molecule has 0 radical (unpaired) electrons. The molecule has 0 aliphatic carbocycles. The number of benzene rings is 1. The molecule has 2 rings (SSSR count). The molecule has 1 aliphatic heterocycles.